The monoisotopic (exact) mass is 329 g/mol. The van der Waals surface area contributed by atoms with Gasteiger partial charge in [0.2, 0.25) is 0 Å². The zero-order valence-corrected chi connectivity index (χ0v) is 12.9. The fraction of sp³-hybridized carbons (Fsp3) is 0.222. The number of rotatable bonds is 3. The molecule has 0 bridgehead atoms. The highest BCUT2D eigenvalue weighted by atomic mass is 19.1. The highest BCUT2D eigenvalue weighted by molar-refractivity contribution is 6.01. The van der Waals surface area contributed by atoms with Crippen LogP contribution in [0.5, 0.6) is 0 Å². The molecule has 124 valence electrons. The molecular formula is C18H16FNO4. The van der Waals surface area contributed by atoms with Crippen LogP contribution < -0.4 is 4.90 Å². The van der Waals surface area contributed by atoms with Crippen LogP contribution in [0.4, 0.5) is 14.9 Å². The molecule has 1 aliphatic rings. The van der Waals surface area contributed by atoms with Crippen LogP contribution in [0.15, 0.2) is 42.5 Å². The zero-order chi connectivity index (χ0) is 17.1. The van der Waals surface area contributed by atoms with E-state index in [0.29, 0.717) is 24.9 Å². The van der Waals surface area contributed by atoms with Crippen LogP contribution in [0.1, 0.15) is 27.9 Å². The minimum Gasteiger partial charge on any atom is -0.478 e. The van der Waals surface area contributed by atoms with E-state index < -0.39 is 17.9 Å². The van der Waals surface area contributed by atoms with Crippen molar-refractivity contribution in [1.29, 1.82) is 0 Å². The molecule has 5 nitrogen and oxygen atoms in total. The van der Waals surface area contributed by atoms with Crippen molar-refractivity contribution in [1.82, 2.24) is 0 Å². The molecule has 0 aromatic heterocycles. The lowest BCUT2D eigenvalue weighted by Crippen LogP contribution is -2.37. The van der Waals surface area contributed by atoms with Gasteiger partial charge >= 0.3 is 12.1 Å². The van der Waals surface area contributed by atoms with E-state index in [1.54, 1.807) is 0 Å². The van der Waals surface area contributed by atoms with Crippen LogP contribution in [0.3, 0.4) is 0 Å². The molecular weight excluding hydrogens is 313 g/mol. The Morgan fingerprint density at radius 3 is 2.67 bits per heavy atom. The van der Waals surface area contributed by atoms with Crippen molar-refractivity contribution in [2.75, 3.05) is 11.4 Å². The Labute approximate surface area is 138 Å². The van der Waals surface area contributed by atoms with E-state index in [9.17, 15) is 19.1 Å². The third-order valence-electron chi connectivity index (χ3n) is 3.91. The summed E-state index contributed by atoms with van der Waals surface area (Å²) in [4.78, 5) is 25.1. The topological polar surface area (TPSA) is 66.8 Å². The first-order valence-electron chi connectivity index (χ1n) is 7.60. The fourth-order valence-corrected chi connectivity index (χ4v) is 2.85. The number of benzene rings is 2. The molecule has 0 saturated carbocycles. The van der Waals surface area contributed by atoms with Gasteiger partial charge in [-0.15, -0.1) is 0 Å². The zero-order valence-electron chi connectivity index (χ0n) is 12.9. The summed E-state index contributed by atoms with van der Waals surface area (Å²) in [6, 6.07) is 11.4. The molecule has 0 radical (unpaired) electrons. The minimum absolute atomic E-state index is 0.0924. The molecule has 1 N–H and O–H groups in total. The third-order valence-corrected chi connectivity index (χ3v) is 3.91. The molecule has 6 heteroatoms. The lowest BCUT2D eigenvalue weighted by atomic mass is 9.97. The number of carbonyl (C=O) groups excluding carboxylic acids is 1. The summed E-state index contributed by atoms with van der Waals surface area (Å²) in [5.74, 6) is -1.89. The smallest absolute Gasteiger partial charge is 0.414 e. The molecule has 1 aliphatic heterocycles. The van der Waals surface area contributed by atoms with Crippen LogP contribution in [0.25, 0.3) is 0 Å². The first-order valence-corrected chi connectivity index (χ1v) is 7.60. The Kier molecular flexibility index (Phi) is 4.46. The van der Waals surface area contributed by atoms with Crippen LogP contribution in [-0.4, -0.2) is 23.7 Å². The van der Waals surface area contributed by atoms with Crippen molar-refractivity contribution in [3.63, 3.8) is 0 Å². The Morgan fingerprint density at radius 1 is 1.21 bits per heavy atom. The average Bonchev–Trinajstić information content (AvgIpc) is 2.59. The van der Waals surface area contributed by atoms with Crippen molar-refractivity contribution in [2.45, 2.75) is 19.4 Å². The third kappa shape index (κ3) is 3.22. The SMILES string of the molecule is O=C(O)c1cc(F)cc2c1N(C(=O)OCc1ccccc1)CCC2. The quantitative estimate of drug-likeness (QED) is 0.934. The maximum Gasteiger partial charge on any atom is 0.414 e. The predicted molar refractivity (Wildman–Crippen MR) is 85.7 cm³/mol. The summed E-state index contributed by atoms with van der Waals surface area (Å²) in [5.41, 5.74) is 1.35. The van der Waals surface area contributed by atoms with Gasteiger partial charge in [0.15, 0.2) is 0 Å². The summed E-state index contributed by atoms with van der Waals surface area (Å²) in [7, 11) is 0. The van der Waals surface area contributed by atoms with E-state index in [2.05, 4.69) is 0 Å². The van der Waals surface area contributed by atoms with E-state index >= 15 is 0 Å². The van der Waals surface area contributed by atoms with Crippen LogP contribution in [0, 0.1) is 5.82 Å². The van der Waals surface area contributed by atoms with E-state index in [4.69, 9.17) is 4.74 Å². The van der Waals surface area contributed by atoms with Gasteiger partial charge in [-0.2, -0.15) is 0 Å². The Bertz CT molecular complexity index is 776. The number of aryl methyl sites for hydroxylation is 1. The summed E-state index contributed by atoms with van der Waals surface area (Å²) >= 11 is 0. The number of carboxylic acid groups (broad SMARTS) is 1. The van der Waals surface area contributed by atoms with Gasteiger partial charge in [0.05, 0.1) is 11.3 Å². The normalized spacial score (nSPS) is 13.3. The molecule has 0 fully saturated rings. The molecule has 1 heterocycles. The molecule has 2 aromatic rings. The molecule has 0 atom stereocenters. The number of hydrogen-bond acceptors (Lipinski definition) is 3. The molecule has 2 aromatic carbocycles. The first-order chi connectivity index (χ1) is 11.6. The van der Waals surface area contributed by atoms with Gasteiger partial charge in [-0.1, -0.05) is 30.3 Å². The number of amides is 1. The summed E-state index contributed by atoms with van der Waals surface area (Å²) in [6.45, 7) is 0.432. The Balaban J connectivity index is 1.86. The van der Waals surface area contributed by atoms with Gasteiger partial charge in [0.1, 0.15) is 12.4 Å². The molecule has 0 spiro atoms. The summed E-state index contributed by atoms with van der Waals surface area (Å²) in [6.07, 6.45) is 0.514. The second-order valence-corrected chi connectivity index (χ2v) is 5.56. The van der Waals surface area contributed by atoms with Crippen LogP contribution in [-0.2, 0) is 17.8 Å². The van der Waals surface area contributed by atoms with E-state index in [0.717, 1.165) is 11.6 Å². The van der Waals surface area contributed by atoms with Gasteiger partial charge in [0.25, 0.3) is 0 Å². The summed E-state index contributed by atoms with van der Waals surface area (Å²) < 4.78 is 18.9. The highest BCUT2D eigenvalue weighted by Crippen LogP contribution is 2.32. The standard InChI is InChI=1S/C18H16FNO4/c19-14-9-13-7-4-8-20(16(13)15(10-14)17(21)22)18(23)24-11-12-5-2-1-3-6-12/h1-3,5-6,9-10H,4,7-8,11H2,(H,21,22). The van der Waals surface area contributed by atoms with Crippen molar-refractivity contribution in [3.8, 4) is 0 Å². The molecule has 1 amide bonds. The summed E-state index contributed by atoms with van der Waals surface area (Å²) in [5, 5.41) is 9.33. The van der Waals surface area contributed by atoms with Crippen molar-refractivity contribution < 1.29 is 23.8 Å². The number of ether oxygens (including phenoxy) is 1. The average molecular weight is 329 g/mol. The number of aromatic carboxylic acids is 1. The molecule has 3 rings (SSSR count). The number of hydrogen-bond donors (Lipinski definition) is 1. The first kappa shape index (κ1) is 16.0. The number of anilines is 1. The Morgan fingerprint density at radius 2 is 1.96 bits per heavy atom. The van der Waals surface area contributed by atoms with Crippen LogP contribution in [0.2, 0.25) is 0 Å². The second-order valence-electron chi connectivity index (χ2n) is 5.56. The maximum atomic E-state index is 13.6. The fourth-order valence-electron chi connectivity index (χ4n) is 2.85. The predicted octanol–water partition coefficient (Wildman–Crippen LogP) is 3.61. The second kappa shape index (κ2) is 6.70. The van der Waals surface area contributed by atoms with Crippen molar-refractivity contribution >= 4 is 17.7 Å². The number of halogens is 1. The van der Waals surface area contributed by atoms with Gasteiger partial charge in [-0.05, 0) is 36.1 Å². The molecule has 0 aliphatic carbocycles. The van der Waals surface area contributed by atoms with Gasteiger partial charge in [-0.3, -0.25) is 4.90 Å². The van der Waals surface area contributed by atoms with E-state index in [-0.39, 0.29) is 17.9 Å². The molecule has 24 heavy (non-hydrogen) atoms. The van der Waals surface area contributed by atoms with Crippen molar-refractivity contribution in [3.05, 3.63) is 65.0 Å². The number of fused-ring (bicyclic) bond motifs is 1. The lowest BCUT2D eigenvalue weighted by Gasteiger charge is -2.30. The highest BCUT2D eigenvalue weighted by Gasteiger charge is 2.29. The van der Waals surface area contributed by atoms with E-state index in [1.807, 2.05) is 30.3 Å². The van der Waals surface area contributed by atoms with Crippen LogP contribution >= 0.6 is 0 Å². The molecule has 0 unspecified atom stereocenters. The van der Waals surface area contributed by atoms with Gasteiger partial charge < -0.3 is 9.84 Å². The van der Waals surface area contributed by atoms with Gasteiger partial charge in [-0.25, -0.2) is 14.0 Å². The lowest BCUT2D eigenvalue weighted by molar-refractivity contribution is 0.0697. The Hall–Kier alpha value is -2.89. The number of carboxylic acids is 1. The van der Waals surface area contributed by atoms with E-state index in [1.165, 1.54) is 11.0 Å². The molecule has 0 saturated heterocycles. The number of carbonyl (C=O) groups is 2. The minimum atomic E-state index is -1.27. The van der Waals surface area contributed by atoms with Crippen molar-refractivity contribution in [2.24, 2.45) is 0 Å². The van der Waals surface area contributed by atoms with Gasteiger partial charge in [0, 0.05) is 6.54 Å². The largest absolute Gasteiger partial charge is 0.478 e. The maximum absolute atomic E-state index is 13.6. The number of nitrogens with zero attached hydrogens (tertiary/aromatic N) is 1.